The lowest BCUT2D eigenvalue weighted by Crippen LogP contribution is -2.10. The van der Waals surface area contributed by atoms with E-state index >= 15 is 0 Å². The maximum atomic E-state index is 5.91. The first kappa shape index (κ1) is 12.6. The summed E-state index contributed by atoms with van der Waals surface area (Å²) in [5.41, 5.74) is 7.96. The van der Waals surface area contributed by atoms with Gasteiger partial charge in [0.15, 0.2) is 0 Å². The standard InChI is InChI=1S/C15H18N2O/c1-2-14(16)15-9-8-13(10-17-15)18-11-12-6-4-3-5-7-12/h3-10,14H,2,11,16H2,1H3/t14-/m1/s1. The molecule has 0 saturated carbocycles. The van der Waals surface area contributed by atoms with E-state index in [9.17, 15) is 0 Å². The normalized spacial score (nSPS) is 12.1. The van der Waals surface area contributed by atoms with E-state index in [0.29, 0.717) is 6.61 Å². The fourth-order valence-corrected chi connectivity index (χ4v) is 1.65. The van der Waals surface area contributed by atoms with Crippen LogP contribution in [0.4, 0.5) is 0 Å². The van der Waals surface area contributed by atoms with Crippen LogP contribution >= 0.6 is 0 Å². The second-order valence-corrected chi connectivity index (χ2v) is 4.21. The van der Waals surface area contributed by atoms with Gasteiger partial charge in [-0.1, -0.05) is 37.3 Å². The van der Waals surface area contributed by atoms with Crippen LogP contribution in [0.2, 0.25) is 0 Å². The molecule has 0 aliphatic heterocycles. The summed E-state index contributed by atoms with van der Waals surface area (Å²) in [6.45, 7) is 2.61. The minimum atomic E-state index is 0.00757. The molecule has 0 amide bonds. The molecular weight excluding hydrogens is 224 g/mol. The Morgan fingerprint density at radius 1 is 1.17 bits per heavy atom. The number of hydrogen-bond acceptors (Lipinski definition) is 3. The van der Waals surface area contributed by atoms with Crippen LogP contribution in [0.25, 0.3) is 0 Å². The minimum absolute atomic E-state index is 0.00757. The van der Waals surface area contributed by atoms with Crippen LogP contribution in [0, 0.1) is 0 Å². The molecule has 94 valence electrons. The second-order valence-electron chi connectivity index (χ2n) is 4.21. The van der Waals surface area contributed by atoms with Gasteiger partial charge in [-0.05, 0) is 24.1 Å². The molecule has 3 nitrogen and oxygen atoms in total. The van der Waals surface area contributed by atoms with Crippen molar-refractivity contribution in [2.24, 2.45) is 5.73 Å². The van der Waals surface area contributed by atoms with Gasteiger partial charge < -0.3 is 10.5 Å². The Morgan fingerprint density at radius 2 is 1.94 bits per heavy atom. The monoisotopic (exact) mass is 242 g/mol. The van der Waals surface area contributed by atoms with Gasteiger partial charge in [-0.25, -0.2) is 0 Å². The van der Waals surface area contributed by atoms with Gasteiger partial charge in [-0.3, -0.25) is 4.98 Å². The summed E-state index contributed by atoms with van der Waals surface area (Å²) in [6.07, 6.45) is 2.62. The molecule has 1 heterocycles. The summed E-state index contributed by atoms with van der Waals surface area (Å²) in [5, 5.41) is 0. The lowest BCUT2D eigenvalue weighted by molar-refractivity contribution is 0.304. The predicted molar refractivity (Wildman–Crippen MR) is 72.2 cm³/mol. The molecule has 0 spiro atoms. The van der Waals surface area contributed by atoms with Crippen LogP contribution in [0.1, 0.15) is 30.6 Å². The number of nitrogens with two attached hydrogens (primary N) is 1. The van der Waals surface area contributed by atoms with Crippen LogP contribution < -0.4 is 10.5 Å². The number of rotatable bonds is 5. The minimum Gasteiger partial charge on any atom is -0.487 e. The molecule has 0 aliphatic rings. The predicted octanol–water partition coefficient (Wildman–Crippen LogP) is 3.07. The molecule has 2 rings (SSSR count). The molecule has 1 aromatic carbocycles. The maximum Gasteiger partial charge on any atom is 0.138 e. The Labute approximate surface area is 108 Å². The lowest BCUT2D eigenvalue weighted by atomic mass is 10.1. The number of benzene rings is 1. The number of aromatic nitrogens is 1. The Bertz CT molecular complexity index is 468. The van der Waals surface area contributed by atoms with E-state index in [2.05, 4.69) is 4.98 Å². The summed E-state index contributed by atoms with van der Waals surface area (Å²) in [5.74, 6) is 0.769. The van der Waals surface area contributed by atoms with Crippen LogP contribution in [0.3, 0.4) is 0 Å². The van der Waals surface area contributed by atoms with Crippen molar-refractivity contribution in [3.8, 4) is 5.75 Å². The number of nitrogens with zero attached hydrogens (tertiary/aromatic N) is 1. The van der Waals surface area contributed by atoms with E-state index < -0.39 is 0 Å². The zero-order chi connectivity index (χ0) is 12.8. The second kappa shape index (κ2) is 6.17. The van der Waals surface area contributed by atoms with Crippen molar-refractivity contribution in [1.82, 2.24) is 4.98 Å². The van der Waals surface area contributed by atoms with Gasteiger partial charge in [0.1, 0.15) is 12.4 Å². The first-order valence-electron chi connectivity index (χ1n) is 6.18. The number of hydrogen-bond donors (Lipinski definition) is 1. The Morgan fingerprint density at radius 3 is 2.56 bits per heavy atom. The summed E-state index contributed by atoms with van der Waals surface area (Å²) in [6, 6.07) is 13.9. The highest BCUT2D eigenvalue weighted by atomic mass is 16.5. The number of pyridine rings is 1. The third-order valence-corrected chi connectivity index (χ3v) is 2.83. The largest absolute Gasteiger partial charge is 0.487 e. The summed E-state index contributed by atoms with van der Waals surface area (Å²) in [4.78, 5) is 4.31. The average Bonchev–Trinajstić information content (AvgIpc) is 2.46. The van der Waals surface area contributed by atoms with Crippen molar-refractivity contribution in [2.45, 2.75) is 26.0 Å². The van der Waals surface area contributed by atoms with Crippen LogP contribution in [0.15, 0.2) is 48.7 Å². The SMILES string of the molecule is CC[C@@H](N)c1ccc(OCc2ccccc2)cn1. The maximum absolute atomic E-state index is 5.91. The Kier molecular flexibility index (Phi) is 4.31. The molecule has 2 aromatic rings. The van der Waals surface area contributed by atoms with Gasteiger partial charge in [-0.2, -0.15) is 0 Å². The Hall–Kier alpha value is -1.87. The molecule has 0 saturated heterocycles. The van der Waals surface area contributed by atoms with Crippen molar-refractivity contribution >= 4 is 0 Å². The Balaban J connectivity index is 1.94. The van der Waals surface area contributed by atoms with E-state index in [1.807, 2.05) is 49.4 Å². The molecule has 0 fully saturated rings. The molecule has 1 atom stereocenters. The van der Waals surface area contributed by atoms with Crippen molar-refractivity contribution < 1.29 is 4.74 Å². The lowest BCUT2D eigenvalue weighted by Gasteiger charge is -2.09. The highest BCUT2D eigenvalue weighted by molar-refractivity contribution is 5.22. The summed E-state index contributed by atoms with van der Waals surface area (Å²) in [7, 11) is 0. The van der Waals surface area contributed by atoms with Gasteiger partial charge >= 0.3 is 0 Å². The highest BCUT2D eigenvalue weighted by Gasteiger charge is 2.04. The third-order valence-electron chi connectivity index (χ3n) is 2.83. The molecule has 0 radical (unpaired) electrons. The fraction of sp³-hybridized carbons (Fsp3) is 0.267. The van der Waals surface area contributed by atoms with E-state index in [0.717, 1.165) is 23.4 Å². The van der Waals surface area contributed by atoms with E-state index in [1.54, 1.807) is 6.20 Å². The quantitative estimate of drug-likeness (QED) is 0.876. The summed E-state index contributed by atoms with van der Waals surface area (Å²) < 4.78 is 5.66. The topological polar surface area (TPSA) is 48.1 Å². The van der Waals surface area contributed by atoms with Crippen molar-refractivity contribution in [1.29, 1.82) is 0 Å². The van der Waals surface area contributed by atoms with Gasteiger partial charge in [-0.15, -0.1) is 0 Å². The average molecular weight is 242 g/mol. The molecular formula is C15H18N2O. The van der Waals surface area contributed by atoms with Crippen LogP contribution in [-0.4, -0.2) is 4.98 Å². The first-order chi connectivity index (χ1) is 8.79. The summed E-state index contributed by atoms with van der Waals surface area (Å²) >= 11 is 0. The van der Waals surface area contributed by atoms with Crippen molar-refractivity contribution in [3.05, 3.63) is 59.9 Å². The van der Waals surface area contributed by atoms with E-state index in [-0.39, 0.29) is 6.04 Å². The molecule has 1 aromatic heterocycles. The zero-order valence-corrected chi connectivity index (χ0v) is 10.5. The van der Waals surface area contributed by atoms with Crippen molar-refractivity contribution in [3.63, 3.8) is 0 Å². The van der Waals surface area contributed by atoms with Crippen LogP contribution in [-0.2, 0) is 6.61 Å². The van der Waals surface area contributed by atoms with E-state index in [4.69, 9.17) is 10.5 Å². The van der Waals surface area contributed by atoms with Gasteiger partial charge in [0.25, 0.3) is 0 Å². The fourth-order valence-electron chi connectivity index (χ4n) is 1.65. The smallest absolute Gasteiger partial charge is 0.138 e. The molecule has 0 unspecified atom stereocenters. The third kappa shape index (κ3) is 3.31. The van der Waals surface area contributed by atoms with Gasteiger partial charge in [0.2, 0.25) is 0 Å². The molecule has 0 bridgehead atoms. The molecule has 2 N–H and O–H groups in total. The molecule has 0 aliphatic carbocycles. The van der Waals surface area contributed by atoms with Crippen molar-refractivity contribution in [2.75, 3.05) is 0 Å². The molecule has 18 heavy (non-hydrogen) atoms. The molecule has 3 heteroatoms. The first-order valence-corrected chi connectivity index (χ1v) is 6.18. The highest BCUT2D eigenvalue weighted by Crippen LogP contribution is 2.16. The zero-order valence-electron chi connectivity index (χ0n) is 10.5. The van der Waals surface area contributed by atoms with Gasteiger partial charge in [0.05, 0.1) is 11.9 Å². The van der Waals surface area contributed by atoms with Gasteiger partial charge in [0, 0.05) is 6.04 Å². The van der Waals surface area contributed by atoms with E-state index in [1.165, 1.54) is 0 Å². The number of ether oxygens (including phenoxy) is 1. The van der Waals surface area contributed by atoms with Crippen LogP contribution in [0.5, 0.6) is 5.75 Å².